The smallest absolute Gasteiger partial charge is 0.323 e. The molecule has 4 nitrogen and oxygen atoms in total. The first kappa shape index (κ1) is 20.1. The predicted molar refractivity (Wildman–Crippen MR) is 113 cm³/mol. The van der Waals surface area contributed by atoms with Crippen molar-refractivity contribution >= 4 is 5.97 Å². The van der Waals surface area contributed by atoms with Crippen LogP contribution in [0.3, 0.4) is 0 Å². The van der Waals surface area contributed by atoms with Gasteiger partial charge in [-0.25, -0.2) is 0 Å². The molecule has 1 heterocycles. The van der Waals surface area contributed by atoms with Gasteiger partial charge in [0, 0.05) is 31.5 Å². The van der Waals surface area contributed by atoms with E-state index in [9.17, 15) is 9.90 Å². The third-order valence-corrected chi connectivity index (χ3v) is 6.65. The van der Waals surface area contributed by atoms with Gasteiger partial charge in [0.1, 0.15) is 12.6 Å². The second kappa shape index (κ2) is 9.55. The molecule has 0 aromatic heterocycles. The van der Waals surface area contributed by atoms with Crippen molar-refractivity contribution in [1.29, 1.82) is 0 Å². The lowest BCUT2D eigenvalue weighted by atomic mass is 9.80. The highest BCUT2D eigenvalue weighted by Crippen LogP contribution is 2.37. The number of benzene rings is 2. The lowest BCUT2D eigenvalue weighted by Crippen LogP contribution is -2.43. The Labute approximate surface area is 173 Å². The standard InChI is InChI=1S/C25H31NO3/c27-17-22-15-26(16-23(22)21-12-5-2-6-13-21)24(14-19-10-7-11-19)25(28)29-18-20-8-3-1-4-9-20/h1-6,8-9,12-13,19,22-24,27H,7,10-11,14-18H2. The van der Waals surface area contributed by atoms with Crippen LogP contribution in [0.2, 0.25) is 0 Å². The third-order valence-electron chi connectivity index (χ3n) is 6.65. The summed E-state index contributed by atoms with van der Waals surface area (Å²) >= 11 is 0. The van der Waals surface area contributed by atoms with Crippen molar-refractivity contribution in [3.05, 3.63) is 71.8 Å². The molecule has 2 aliphatic rings. The first-order chi connectivity index (χ1) is 14.2. The van der Waals surface area contributed by atoms with Gasteiger partial charge in [0.2, 0.25) is 0 Å². The fourth-order valence-corrected chi connectivity index (χ4v) is 4.69. The maximum atomic E-state index is 13.1. The summed E-state index contributed by atoms with van der Waals surface area (Å²) in [5.41, 5.74) is 2.26. The summed E-state index contributed by atoms with van der Waals surface area (Å²) < 4.78 is 5.74. The number of aliphatic hydroxyl groups is 1. The van der Waals surface area contributed by atoms with Crippen LogP contribution in [0.15, 0.2) is 60.7 Å². The predicted octanol–water partition coefficient (Wildman–Crippen LogP) is 4.00. The van der Waals surface area contributed by atoms with Crippen molar-refractivity contribution in [2.24, 2.45) is 11.8 Å². The molecule has 3 atom stereocenters. The van der Waals surface area contributed by atoms with Gasteiger partial charge in [-0.05, 0) is 23.5 Å². The van der Waals surface area contributed by atoms with E-state index in [-0.39, 0.29) is 30.5 Å². The van der Waals surface area contributed by atoms with Crippen LogP contribution in [0.1, 0.15) is 42.7 Å². The molecule has 154 valence electrons. The van der Waals surface area contributed by atoms with Crippen LogP contribution in [0.25, 0.3) is 0 Å². The van der Waals surface area contributed by atoms with Gasteiger partial charge in [-0.1, -0.05) is 79.9 Å². The Bertz CT molecular complexity index is 775. The van der Waals surface area contributed by atoms with Gasteiger partial charge in [-0.2, -0.15) is 0 Å². The fourth-order valence-electron chi connectivity index (χ4n) is 4.69. The number of aliphatic hydroxyl groups excluding tert-OH is 1. The number of hydrogen-bond donors (Lipinski definition) is 1. The van der Waals surface area contributed by atoms with E-state index >= 15 is 0 Å². The monoisotopic (exact) mass is 393 g/mol. The van der Waals surface area contributed by atoms with Crippen LogP contribution in [-0.4, -0.2) is 41.7 Å². The molecular formula is C25H31NO3. The number of rotatable bonds is 8. The average molecular weight is 394 g/mol. The second-order valence-electron chi connectivity index (χ2n) is 8.56. The van der Waals surface area contributed by atoms with Gasteiger partial charge >= 0.3 is 5.97 Å². The molecule has 0 bridgehead atoms. The summed E-state index contributed by atoms with van der Waals surface area (Å²) in [6, 6.07) is 20.0. The highest BCUT2D eigenvalue weighted by atomic mass is 16.5. The quantitative estimate of drug-likeness (QED) is 0.689. The molecule has 2 aromatic rings. The number of esters is 1. The molecule has 1 N–H and O–H groups in total. The third kappa shape index (κ3) is 4.88. The first-order valence-electron chi connectivity index (χ1n) is 10.8. The summed E-state index contributed by atoms with van der Waals surface area (Å²) in [6.45, 7) is 2.01. The van der Waals surface area contributed by atoms with Crippen molar-refractivity contribution in [2.75, 3.05) is 19.7 Å². The molecule has 0 radical (unpaired) electrons. The molecule has 4 heteroatoms. The minimum Gasteiger partial charge on any atom is -0.460 e. The molecule has 1 saturated carbocycles. The Balaban J connectivity index is 1.46. The summed E-state index contributed by atoms with van der Waals surface area (Å²) in [6.07, 6.45) is 4.55. The van der Waals surface area contributed by atoms with Crippen molar-refractivity contribution in [2.45, 2.75) is 44.2 Å². The SMILES string of the molecule is O=C(OCc1ccccc1)C(CC1CCC1)N1CC(CO)C(c2ccccc2)C1. The maximum Gasteiger partial charge on any atom is 0.323 e. The summed E-state index contributed by atoms with van der Waals surface area (Å²) in [5, 5.41) is 9.98. The maximum absolute atomic E-state index is 13.1. The van der Waals surface area contributed by atoms with E-state index in [1.807, 2.05) is 48.5 Å². The van der Waals surface area contributed by atoms with Gasteiger partial charge in [-0.15, -0.1) is 0 Å². The van der Waals surface area contributed by atoms with E-state index in [0.717, 1.165) is 25.1 Å². The number of ether oxygens (including phenoxy) is 1. The Hall–Kier alpha value is -2.17. The van der Waals surface area contributed by atoms with Crippen molar-refractivity contribution in [3.63, 3.8) is 0 Å². The van der Waals surface area contributed by atoms with Crippen LogP contribution in [0.4, 0.5) is 0 Å². The molecule has 1 aliphatic carbocycles. The van der Waals surface area contributed by atoms with Gasteiger partial charge in [0.15, 0.2) is 0 Å². The summed E-state index contributed by atoms with van der Waals surface area (Å²) in [7, 11) is 0. The number of carbonyl (C=O) groups is 1. The lowest BCUT2D eigenvalue weighted by molar-refractivity contribution is -0.152. The van der Waals surface area contributed by atoms with E-state index in [2.05, 4.69) is 17.0 Å². The lowest BCUT2D eigenvalue weighted by Gasteiger charge is -2.33. The Morgan fingerprint density at radius 3 is 2.34 bits per heavy atom. The zero-order valence-electron chi connectivity index (χ0n) is 17.0. The Kier molecular flexibility index (Phi) is 6.63. The zero-order chi connectivity index (χ0) is 20.1. The summed E-state index contributed by atoms with van der Waals surface area (Å²) in [4.78, 5) is 15.4. The number of hydrogen-bond acceptors (Lipinski definition) is 4. The Morgan fingerprint density at radius 2 is 1.72 bits per heavy atom. The number of carbonyl (C=O) groups excluding carboxylic acids is 1. The van der Waals surface area contributed by atoms with Crippen molar-refractivity contribution < 1.29 is 14.6 Å². The van der Waals surface area contributed by atoms with Gasteiger partial charge in [-0.3, -0.25) is 9.69 Å². The highest BCUT2D eigenvalue weighted by Gasteiger charge is 2.41. The van der Waals surface area contributed by atoms with Gasteiger partial charge in [0.05, 0.1) is 0 Å². The van der Waals surface area contributed by atoms with Crippen molar-refractivity contribution in [3.8, 4) is 0 Å². The number of likely N-dealkylation sites (tertiary alicyclic amines) is 1. The number of nitrogens with zero attached hydrogens (tertiary/aromatic N) is 1. The van der Waals surface area contributed by atoms with Crippen LogP contribution >= 0.6 is 0 Å². The van der Waals surface area contributed by atoms with Crippen molar-refractivity contribution in [1.82, 2.24) is 4.90 Å². The summed E-state index contributed by atoms with van der Waals surface area (Å²) in [5.74, 6) is 0.911. The van der Waals surface area contributed by atoms with Crippen LogP contribution in [0.5, 0.6) is 0 Å². The van der Waals surface area contributed by atoms with Gasteiger partial charge < -0.3 is 9.84 Å². The second-order valence-corrected chi connectivity index (χ2v) is 8.56. The first-order valence-corrected chi connectivity index (χ1v) is 10.8. The molecule has 0 amide bonds. The topological polar surface area (TPSA) is 49.8 Å². The minimum absolute atomic E-state index is 0.119. The molecule has 2 fully saturated rings. The Morgan fingerprint density at radius 1 is 1.03 bits per heavy atom. The van der Waals surface area contributed by atoms with E-state index in [1.54, 1.807) is 0 Å². The molecule has 3 unspecified atom stereocenters. The van der Waals surface area contributed by atoms with E-state index in [0.29, 0.717) is 12.5 Å². The molecule has 1 saturated heterocycles. The normalized spacial score (nSPS) is 23.5. The molecular weight excluding hydrogens is 362 g/mol. The van der Waals surface area contributed by atoms with E-state index in [4.69, 9.17) is 4.74 Å². The molecule has 0 spiro atoms. The van der Waals surface area contributed by atoms with Crippen LogP contribution in [-0.2, 0) is 16.1 Å². The zero-order valence-corrected chi connectivity index (χ0v) is 17.0. The molecule has 2 aromatic carbocycles. The molecule has 29 heavy (non-hydrogen) atoms. The van der Waals surface area contributed by atoms with E-state index in [1.165, 1.54) is 24.8 Å². The van der Waals surface area contributed by atoms with E-state index < -0.39 is 0 Å². The molecule has 4 rings (SSSR count). The molecule has 1 aliphatic heterocycles. The average Bonchev–Trinajstić information content (AvgIpc) is 3.17. The van der Waals surface area contributed by atoms with Crippen LogP contribution in [0, 0.1) is 11.8 Å². The van der Waals surface area contributed by atoms with Crippen LogP contribution < -0.4 is 0 Å². The largest absolute Gasteiger partial charge is 0.460 e. The highest BCUT2D eigenvalue weighted by molar-refractivity contribution is 5.76. The fraction of sp³-hybridized carbons (Fsp3) is 0.480. The van der Waals surface area contributed by atoms with Gasteiger partial charge in [0.25, 0.3) is 0 Å². The minimum atomic E-state index is -0.216.